The molecule has 1 N–H and O–H groups in total. The molecule has 21 heavy (non-hydrogen) atoms. The quantitative estimate of drug-likeness (QED) is 0.873. The topological polar surface area (TPSA) is 30.5 Å². The Kier molecular flexibility index (Phi) is 4.98. The van der Waals surface area contributed by atoms with Gasteiger partial charge in [0, 0.05) is 12.6 Å². The van der Waals surface area contributed by atoms with E-state index in [0.29, 0.717) is 24.7 Å². The molecule has 0 spiro atoms. The molecule has 0 unspecified atom stereocenters. The number of methoxy groups -OCH3 is 1. The fourth-order valence-electron chi connectivity index (χ4n) is 1.93. The van der Waals surface area contributed by atoms with Crippen molar-refractivity contribution >= 4 is 5.69 Å². The summed E-state index contributed by atoms with van der Waals surface area (Å²) in [5.74, 6) is 0.0705. The molecular formula is C16H17F2NO2. The van der Waals surface area contributed by atoms with Crippen LogP contribution >= 0.6 is 0 Å². The highest BCUT2D eigenvalue weighted by atomic mass is 19.1. The van der Waals surface area contributed by atoms with Crippen molar-refractivity contribution in [2.45, 2.75) is 13.5 Å². The van der Waals surface area contributed by atoms with E-state index in [0.717, 1.165) is 11.6 Å². The fourth-order valence-corrected chi connectivity index (χ4v) is 1.93. The van der Waals surface area contributed by atoms with Crippen LogP contribution in [0.4, 0.5) is 14.5 Å². The van der Waals surface area contributed by atoms with Gasteiger partial charge in [-0.2, -0.15) is 0 Å². The van der Waals surface area contributed by atoms with Gasteiger partial charge in [-0.15, -0.1) is 0 Å². The molecule has 0 aliphatic heterocycles. The molecule has 0 atom stereocenters. The van der Waals surface area contributed by atoms with Crippen LogP contribution in [0, 0.1) is 11.6 Å². The smallest absolute Gasteiger partial charge is 0.161 e. The third-order valence-corrected chi connectivity index (χ3v) is 2.94. The predicted molar refractivity (Wildman–Crippen MR) is 77.8 cm³/mol. The minimum Gasteiger partial charge on any atom is -0.493 e. The predicted octanol–water partition coefficient (Wildman–Crippen LogP) is 3.98. The number of hydrogen-bond acceptors (Lipinski definition) is 3. The van der Waals surface area contributed by atoms with Gasteiger partial charge in [-0.3, -0.25) is 0 Å². The zero-order valence-corrected chi connectivity index (χ0v) is 12.0. The first kappa shape index (κ1) is 15.1. The zero-order valence-electron chi connectivity index (χ0n) is 12.0. The van der Waals surface area contributed by atoms with E-state index in [9.17, 15) is 8.78 Å². The molecule has 2 aromatic carbocycles. The second kappa shape index (κ2) is 6.92. The van der Waals surface area contributed by atoms with Gasteiger partial charge in [-0.05, 0) is 36.8 Å². The van der Waals surface area contributed by atoms with Crippen molar-refractivity contribution in [3.63, 3.8) is 0 Å². The van der Waals surface area contributed by atoms with Crippen molar-refractivity contribution < 1.29 is 18.3 Å². The summed E-state index contributed by atoms with van der Waals surface area (Å²) in [5, 5.41) is 2.92. The highest BCUT2D eigenvalue weighted by Gasteiger charge is 2.07. The lowest BCUT2D eigenvalue weighted by molar-refractivity contribution is 0.310. The molecule has 112 valence electrons. The Balaban J connectivity index is 2.09. The van der Waals surface area contributed by atoms with Crippen LogP contribution in [-0.2, 0) is 6.54 Å². The van der Waals surface area contributed by atoms with Gasteiger partial charge in [-0.25, -0.2) is 8.78 Å². The lowest BCUT2D eigenvalue weighted by Gasteiger charge is -2.12. The van der Waals surface area contributed by atoms with Crippen LogP contribution in [0.2, 0.25) is 0 Å². The van der Waals surface area contributed by atoms with Gasteiger partial charge in [0.1, 0.15) is 11.6 Å². The molecule has 2 aromatic rings. The Labute approximate surface area is 122 Å². The van der Waals surface area contributed by atoms with Crippen molar-refractivity contribution in [1.29, 1.82) is 0 Å². The van der Waals surface area contributed by atoms with E-state index in [1.165, 1.54) is 12.1 Å². The van der Waals surface area contributed by atoms with Crippen LogP contribution in [0.15, 0.2) is 36.4 Å². The largest absolute Gasteiger partial charge is 0.493 e. The van der Waals surface area contributed by atoms with Crippen LogP contribution in [-0.4, -0.2) is 13.7 Å². The van der Waals surface area contributed by atoms with Gasteiger partial charge < -0.3 is 14.8 Å². The van der Waals surface area contributed by atoms with Gasteiger partial charge in [0.25, 0.3) is 0 Å². The molecule has 0 bridgehead atoms. The van der Waals surface area contributed by atoms with Crippen LogP contribution in [0.25, 0.3) is 0 Å². The van der Waals surface area contributed by atoms with Gasteiger partial charge in [0.15, 0.2) is 11.5 Å². The maximum Gasteiger partial charge on any atom is 0.161 e. The van der Waals surface area contributed by atoms with Crippen molar-refractivity contribution in [3.05, 3.63) is 53.6 Å². The molecule has 5 heteroatoms. The van der Waals surface area contributed by atoms with E-state index in [1.54, 1.807) is 13.2 Å². The molecule has 2 rings (SSSR count). The number of nitrogens with one attached hydrogen (secondary N) is 1. The van der Waals surface area contributed by atoms with Crippen molar-refractivity contribution in [1.82, 2.24) is 0 Å². The fraction of sp³-hybridized carbons (Fsp3) is 0.250. The van der Waals surface area contributed by atoms with E-state index in [4.69, 9.17) is 9.47 Å². The maximum absolute atomic E-state index is 13.5. The molecule has 0 heterocycles. The van der Waals surface area contributed by atoms with Crippen molar-refractivity contribution in [3.8, 4) is 11.5 Å². The first-order valence-corrected chi connectivity index (χ1v) is 6.62. The number of halogens is 2. The number of hydrogen-bond donors (Lipinski definition) is 1. The Morgan fingerprint density at radius 1 is 1.05 bits per heavy atom. The summed E-state index contributed by atoms with van der Waals surface area (Å²) in [6.45, 7) is 2.84. The number of rotatable bonds is 6. The second-order valence-corrected chi connectivity index (χ2v) is 4.40. The van der Waals surface area contributed by atoms with Crippen LogP contribution in [0.1, 0.15) is 12.5 Å². The Morgan fingerprint density at radius 2 is 1.86 bits per heavy atom. The monoisotopic (exact) mass is 293 g/mol. The minimum absolute atomic E-state index is 0.254. The summed E-state index contributed by atoms with van der Waals surface area (Å²) >= 11 is 0. The molecular weight excluding hydrogens is 276 g/mol. The van der Waals surface area contributed by atoms with Crippen molar-refractivity contribution in [2.24, 2.45) is 0 Å². The summed E-state index contributed by atoms with van der Waals surface area (Å²) in [4.78, 5) is 0. The molecule has 0 amide bonds. The molecule has 0 aromatic heterocycles. The van der Waals surface area contributed by atoms with E-state index in [1.807, 2.05) is 19.1 Å². The third kappa shape index (κ3) is 3.84. The highest BCUT2D eigenvalue weighted by Crippen LogP contribution is 2.28. The van der Waals surface area contributed by atoms with E-state index < -0.39 is 11.6 Å². The van der Waals surface area contributed by atoms with Crippen LogP contribution in [0.5, 0.6) is 11.5 Å². The first-order chi connectivity index (χ1) is 10.1. The molecule has 0 saturated heterocycles. The van der Waals surface area contributed by atoms with Gasteiger partial charge in [-0.1, -0.05) is 6.07 Å². The Morgan fingerprint density at radius 3 is 2.52 bits per heavy atom. The van der Waals surface area contributed by atoms with Crippen LogP contribution < -0.4 is 14.8 Å². The number of benzene rings is 2. The van der Waals surface area contributed by atoms with Gasteiger partial charge >= 0.3 is 0 Å². The Bertz CT molecular complexity index is 617. The van der Waals surface area contributed by atoms with E-state index in [2.05, 4.69) is 5.32 Å². The standard InChI is InChI=1S/C16H17F2NO2/c1-3-21-15-7-4-11(8-16(15)20-2)10-19-14-6-5-12(17)9-13(14)18/h4-9,19H,3,10H2,1-2H3. The van der Waals surface area contributed by atoms with Crippen LogP contribution in [0.3, 0.4) is 0 Å². The molecule has 3 nitrogen and oxygen atoms in total. The normalized spacial score (nSPS) is 10.3. The van der Waals surface area contributed by atoms with Gasteiger partial charge in [0.05, 0.1) is 19.4 Å². The summed E-state index contributed by atoms with van der Waals surface area (Å²) in [5.41, 5.74) is 1.16. The summed E-state index contributed by atoms with van der Waals surface area (Å²) < 4.78 is 37.0. The second-order valence-electron chi connectivity index (χ2n) is 4.40. The van der Waals surface area contributed by atoms with E-state index in [-0.39, 0.29) is 5.69 Å². The molecule has 0 fully saturated rings. The summed E-state index contributed by atoms with van der Waals surface area (Å²) in [6, 6.07) is 8.92. The van der Waals surface area contributed by atoms with E-state index >= 15 is 0 Å². The maximum atomic E-state index is 13.5. The SMILES string of the molecule is CCOc1ccc(CNc2ccc(F)cc2F)cc1OC. The van der Waals surface area contributed by atoms with Crippen molar-refractivity contribution in [2.75, 3.05) is 19.0 Å². The zero-order chi connectivity index (χ0) is 15.2. The average molecular weight is 293 g/mol. The molecule has 0 saturated carbocycles. The first-order valence-electron chi connectivity index (χ1n) is 6.62. The minimum atomic E-state index is -0.618. The highest BCUT2D eigenvalue weighted by molar-refractivity contribution is 5.47. The summed E-state index contributed by atoms with van der Waals surface area (Å²) in [6.07, 6.45) is 0. The van der Waals surface area contributed by atoms with Gasteiger partial charge in [0.2, 0.25) is 0 Å². The lowest BCUT2D eigenvalue weighted by Crippen LogP contribution is -2.03. The third-order valence-electron chi connectivity index (χ3n) is 2.94. The number of anilines is 1. The lowest BCUT2D eigenvalue weighted by atomic mass is 10.2. The molecule has 0 aliphatic carbocycles. The molecule has 0 aliphatic rings. The summed E-state index contributed by atoms with van der Waals surface area (Å²) in [7, 11) is 1.56. The Hall–Kier alpha value is -2.30. The molecule has 0 radical (unpaired) electrons. The average Bonchev–Trinajstić information content (AvgIpc) is 2.47. The number of ether oxygens (including phenoxy) is 2.